The zero-order chi connectivity index (χ0) is 43.1. The molecule has 8 heteroatoms. The van der Waals surface area contributed by atoms with Crippen molar-refractivity contribution >= 4 is 39.3 Å². The normalized spacial score (nSPS) is 12.8. The van der Waals surface area contributed by atoms with E-state index in [0.717, 1.165) is 62.6 Å². The van der Waals surface area contributed by atoms with Crippen LogP contribution in [-0.4, -0.2) is 47.5 Å². The number of aliphatic imine (C=N–C) groups is 1. The first-order valence-corrected chi connectivity index (χ1v) is 22.7. The molecular weight excluding hydrogens is 743 g/mol. The molecule has 0 aliphatic carbocycles. The number of H-pyrrole nitrogens is 1. The molecule has 0 saturated carbocycles. The molecule has 1 atom stereocenters. The van der Waals surface area contributed by atoms with Crippen molar-refractivity contribution in [1.29, 1.82) is 0 Å². The standard InChI is InChI=1S/C27H38ClN.C10H19NS.C7H17N.C4H5F3/c1-6-9-11-14-24-25-19-23(28)17-18-26(25)29-27(24)21(5)22(13-10-7-2)16-15-20(4)12-8-3;1-5-7-9(3)11-10(12-4)8-6-2;1-4-6-8(3)7-5-2;1-3(2)4(5,6)7/h13,15-19,21,29H,4,6-12,14H2,1-3,5H3;7H,5-6,8H2,1-4H3;4-7H2,1-3H3;1H2,2H3/b16-15-,22-13+;9-7+,11-10?;;/t21-;;;/m0.../s1. The molecule has 1 aromatic carbocycles. The van der Waals surface area contributed by atoms with Crippen LogP contribution in [0.25, 0.3) is 10.9 Å². The van der Waals surface area contributed by atoms with Crippen LogP contribution in [0, 0.1) is 0 Å². The highest BCUT2D eigenvalue weighted by Gasteiger charge is 2.27. The van der Waals surface area contributed by atoms with Crippen LogP contribution in [0.2, 0.25) is 5.02 Å². The highest BCUT2D eigenvalue weighted by atomic mass is 35.5. The second-order valence-corrected chi connectivity index (χ2v) is 15.7. The smallest absolute Gasteiger partial charge is 0.358 e. The number of rotatable bonds is 20. The van der Waals surface area contributed by atoms with Crippen molar-refractivity contribution in [2.75, 3.05) is 26.4 Å². The van der Waals surface area contributed by atoms with Crippen LogP contribution in [0.4, 0.5) is 13.2 Å². The molecule has 0 fully saturated rings. The summed E-state index contributed by atoms with van der Waals surface area (Å²) < 4.78 is 33.2. The van der Waals surface area contributed by atoms with Gasteiger partial charge in [-0.2, -0.15) is 13.2 Å². The molecule has 0 unspecified atom stereocenters. The number of aryl methyl sites for hydroxylation is 1. The van der Waals surface area contributed by atoms with Gasteiger partial charge in [0.15, 0.2) is 0 Å². The number of hydrogen-bond donors (Lipinski definition) is 1. The lowest BCUT2D eigenvalue weighted by molar-refractivity contribution is -0.0909. The summed E-state index contributed by atoms with van der Waals surface area (Å²) in [6.07, 6.45) is 22.1. The molecule has 1 heterocycles. The average Bonchev–Trinajstić information content (AvgIpc) is 3.49. The van der Waals surface area contributed by atoms with Crippen molar-refractivity contribution in [1.82, 2.24) is 9.88 Å². The lowest BCUT2D eigenvalue weighted by Gasteiger charge is -2.16. The van der Waals surface area contributed by atoms with Crippen LogP contribution in [0.1, 0.15) is 163 Å². The predicted molar refractivity (Wildman–Crippen MR) is 250 cm³/mol. The maximum atomic E-state index is 11.1. The van der Waals surface area contributed by atoms with E-state index in [-0.39, 0.29) is 0 Å². The maximum absolute atomic E-state index is 11.1. The number of halogens is 4. The van der Waals surface area contributed by atoms with E-state index in [1.54, 1.807) is 11.8 Å². The van der Waals surface area contributed by atoms with Gasteiger partial charge in [0.25, 0.3) is 0 Å². The predicted octanol–water partition coefficient (Wildman–Crippen LogP) is 17.0. The SMILES string of the molecule is C=C(/C=C\C(=C/CCC)[C@H](C)c1[nH]c2ccc(Cl)cc2c1CCCCC)CCC.C=C(C)C(F)(F)F.CC/C=C(\C)N=C(CCC)SC.CCCN(C)CCC. The van der Waals surface area contributed by atoms with Crippen molar-refractivity contribution < 1.29 is 13.2 Å². The highest BCUT2D eigenvalue weighted by Crippen LogP contribution is 2.35. The van der Waals surface area contributed by atoms with Crippen molar-refractivity contribution in [3.8, 4) is 0 Å². The molecule has 0 amide bonds. The van der Waals surface area contributed by atoms with Crippen LogP contribution in [0.3, 0.4) is 0 Å². The van der Waals surface area contributed by atoms with E-state index in [1.807, 2.05) is 6.07 Å². The Kier molecular flexibility index (Phi) is 33.3. The fourth-order valence-electron chi connectivity index (χ4n) is 5.75. The minimum Gasteiger partial charge on any atom is -0.358 e. The van der Waals surface area contributed by atoms with Gasteiger partial charge in [-0.3, -0.25) is 4.99 Å². The number of nitrogens with zero attached hydrogens (tertiary/aromatic N) is 2. The van der Waals surface area contributed by atoms with E-state index in [0.29, 0.717) is 5.92 Å². The summed E-state index contributed by atoms with van der Waals surface area (Å²) in [4.78, 5) is 10.6. The number of nitrogens with one attached hydrogen (secondary N) is 1. The zero-order valence-corrected chi connectivity index (χ0v) is 39.0. The molecule has 0 spiro atoms. The van der Waals surface area contributed by atoms with Crippen LogP contribution in [0.5, 0.6) is 0 Å². The summed E-state index contributed by atoms with van der Waals surface area (Å²) >= 11 is 8.10. The average molecular weight is 823 g/mol. The summed E-state index contributed by atoms with van der Waals surface area (Å²) in [5, 5.41) is 3.34. The molecule has 2 aromatic rings. The number of thioether (sulfide) groups is 1. The van der Waals surface area contributed by atoms with Gasteiger partial charge < -0.3 is 9.88 Å². The fraction of sp³-hybridized carbons (Fsp3) is 0.604. The highest BCUT2D eigenvalue weighted by molar-refractivity contribution is 8.13. The van der Waals surface area contributed by atoms with Gasteiger partial charge in [0, 0.05) is 38.8 Å². The summed E-state index contributed by atoms with van der Waals surface area (Å²) in [6, 6.07) is 6.22. The molecule has 0 bridgehead atoms. The number of fused-ring (bicyclic) bond motifs is 1. The Labute approximate surface area is 351 Å². The Hall–Kier alpha value is -2.48. The van der Waals surface area contributed by atoms with Crippen LogP contribution in [0.15, 0.2) is 83.1 Å². The Balaban J connectivity index is 0. The van der Waals surface area contributed by atoms with Gasteiger partial charge in [-0.15, -0.1) is 11.8 Å². The van der Waals surface area contributed by atoms with E-state index in [9.17, 15) is 13.2 Å². The first-order chi connectivity index (χ1) is 26.5. The fourth-order valence-corrected chi connectivity index (χ4v) is 6.56. The first-order valence-electron chi connectivity index (χ1n) is 21.1. The number of aromatic amines is 1. The zero-order valence-electron chi connectivity index (χ0n) is 37.5. The molecule has 1 aromatic heterocycles. The van der Waals surface area contributed by atoms with Crippen molar-refractivity contribution in [2.45, 2.75) is 165 Å². The Morgan fingerprint density at radius 2 is 1.50 bits per heavy atom. The summed E-state index contributed by atoms with van der Waals surface area (Å²) in [5.74, 6) is 0.315. The van der Waals surface area contributed by atoms with Gasteiger partial charge in [0.05, 0.1) is 5.04 Å². The minimum absolute atomic E-state index is 0.315. The monoisotopic (exact) mass is 822 g/mol. The third-order valence-corrected chi connectivity index (χ3v) is 9.81. The van der Waals surface area contributed by atoms with Gasteiger partial charge in [-0.25, -0.2) is 0 Å². The lowest BCUT2D eigenvalue weighted by Crippen LogP contribution is -2.19. The second kappa shape index (κ2) is 33.5. The number of alkyl halides is 3. The third kappa shape index (κ3) is 25.7. The molecule has 0 radical (unpaired) electrons. The Bertz CT molecular complexity index is 1480. The molecule has 0 saturated heterocycles. The van der Waals surface area contributed by atoms with Crippen LogP contribution < -0.4 is 0 Å². The van der Waals surface area contributed by atoms with Crippen LogP contribution >= 0.6 is 23.4 Å². The number of hydrogen-bond acceptors (Lipinski definition) is 3. The molecule has 56 heavy (non-hydrogen) atoms. The molecule has 0 aliphatic rings. The number of unbranched alkanes of at least 4 members (excludes halogenated alkanes) is 3. The van der Waals surface area contributed by atoms with E-state index >= 15 is 0 Å². The van der Waals surface area contributed by atoms with Gasteiger partial charge in [-0.05, 0) is 121 Å². The quantitative estimate of drug-likeness (QED) is 0.0474. The molecule has 2 rings (SSSR count). The third-order valence-electron chi connectivity index (χ3n) is 8.81. The molecule has 320 valence electrons. The number of aromatic nitrogens is 1. The lowest BCUT2D eigenvalue weighted by atomic mass is 9.90. The summed E-state index contributed by atoms with van der Waals surface area (Å²) in [6.45, 7) is 30.2. The summed E-state index contributed by atoms with van der Waals surface area (Å²) in [5.41, 5.74) is 6.94. The number of benzene rings is 1. The molecule has 3 nitrogen and oxygen atoms in total. The van der Waals surface area contributed by atoms with Gasteiger partial charge in [-0.1, -0.05) is 142 Å². The minimum atomic E-state index is -4.19. The van der Waals surface area contributed by atoms with Gasteiger partial charge in [0.2, 0.25) is 0 Å². The Morgan fingerprint density at radius 3 is 1.98 bits per heavy atom. The largest absolute Gasteiger partial charge is 0.411 e. The van der Waals surface area contributed by atoms with Crippen LogP contribution in [-0.2, 0) is 6.42 Å². The Morgan fingerprint density at radius 1 is 0.893 bits per heavy atom. The molecule has 0 aliphatic heterocycles. The van der Waals surface area contributed by atoms with E-state index in [2.05, 4.69) is 140 Å². The van der Waals surface area contributed by atoms with Crippen molar-refractivity contribution in [3.63, 3.8) is 0 Å². The van der Waals surface area contributed by atoms with Gasteiger partial charge in [0.1, 0.15) is 0 Å². The van der Waals surface area contributed by atoms with Gasteiger partial charge >= 0.3 is 6.18 Å². The first kappa shape index (κ1) is 55.6. The van der Waals surface area contributed by atoms with E-state index in [1.165, 1.54) is 90.0 Å². The summed E-state index contributed by atoms with van der Waals surface area (Å²) in [7, 11) is 2.17. The maximum Gasteiger partial charge on any atom is 0.411 e. The van der Waals surface area contributed by atoms with E-state index < -0.39 is 11.7 Å². The topological polar surface area (TPSA) is 31.4 Å². The molecular formula is C48H79ClF3N3S. The van der Waals surface area contributed by atoms with Crippen molar-refractivity contribution in [3.05, 3.63) is 94.4 Å². The van der Waals surface area contributed by atoms with E-state index in [4.69, 9.17) is 11.6 Å². The number of allylic oxidation sites excluding steroid dienone is 8. The second-order valence-electron chi connectivity index (χ2n) is 14.4. The molecule has 1 N–H and O–H groups in total. The van der Waals surface area contributed by atoms with Crippen molar-refractivity contribution in [2.24, 2.45) is 4.99 Å².